The lowest BCUT2D eigenvalue weighted by Crippen LogP contribution is -2.11. The second-order valence-corrected chi connectivity index (χ2v) is 6.47. The predicted molar refractivity (Wildman–Crippen MR) is 79.0 cm³/mol. The van der Waals surface area contributed by atoms with Gasteiger partial charge in [-0.2, -0.15) is 0 Å². The fourth-order valence-electron chi connectivity index (χ4n) is 1.82. The van der Waals surface area contributed by atoms with E-state index < -0.39 is 0 Å². The van der Waals surface area contributed by atoms with Gasteiger partial charge in [0.15, 0.2) is 0 Å². The number of thiophene rings is 1. The highest BCUT2D eigenvalue weighted by Crippen LogP contribution is 2.30. The average Bonchev–Trinajstić information content (AvgIpc) is 2.57. The first kappa shape index (κ1) is 12.1. The van der Waals surface area contributed by atoms with Gasteiger partial charge in [-0.25, -0.2) is 0 Å². The van der Waals surface area contributed by atoms with Crippen LogP contribution in [0.5, 0.6) is 0 Å². The van der Waals surface area contributed by atoms with E-state index in [1.807, 2.05) is 0 Å². The minimum atomic E-state index is 0.00779. The van der Waals surface area contributed by atoms with Gasteiger partial charge in [-0.05, 0) is 65.8 Å². The number of aryl methyl sites for hydroxylation is 2. The molecule has 0 bridgehead atoms. The van der Waals surface area contributed by atoms with Crippen LogP contribution in [0.4, 0.5) is 0 Å². The molecule has 1 heterocycles. The summed E-state index contributed by atoms with van der Waals surface area (Å²) in [6, 6.07) is 10.6. The Kier molecular flexibility index (Phi) is 3.66. The molecule has 1 atom stereocenters. The van der Waals surface area contributed by atoms with Crippen LogP contribution >= 0.6 is 33.9 Å². The summed E-state index contributed by atoms with van der Waals surface area (Å²) in [5.74, 6) is 0. The van der Waals surface area contributed by atoms with Gasteiger partial charge in [0.25, 0.3) is 0 Å². The standard InChI is InChI=1S/C13H14INS/c1-8-6-9(2)16-13(8)12(15)10-4-3-5-11(14)7-10/h3-7,12H,15H2,1-2H3. The van der Waals surface area contributed by atoms with Crippen molar-refractivity contribution >= 4 is 33.9 Å². The molecule has 0 aliphatic carbocycles. The van der Waals surface area contributed by atoms with Crippen molar-refractivity contribution in [2.24, 2.45) is 5.73 Å². The molecule has 0 fully saturated rings. The Hall–Kier alpha value is -0.390. The maximum atomic E-state index is 6.31. The Labute approximate surface area is 114 Å². The van der Waals surface area contributed by atoms with Crippen molar-refractivity contribution in [1.29, 1.82) is 0 Å². The summed E-state index contributed by atoms with van der Waals surface area (Å²) >= 11 is 4.12. The van der Waals surface area contributed by atoms with Crippen LogP contribution in [0.15, 0.2) is 30.3 Å². The lowest BCUT2D eigenvalue weighted by molar-refractivity contribution is 0.884. The van der Waals surface area contributed by atoms with Crippen molar-refractivity contribution in [2.45, 2.75) is 19.9 Å². The van der Waals surface area contributed by atoms with Gasteiger partial charge in [0.2, 0.25) is 0 Å². The van der Waals surface area contributed by atoms with Gasteiger partial charge in [0, 0.05) is 13.3 Å². The van der Waals surface area contributed by atoms with Crippen molar-refractivity contribution in [3.63, 3.8) is 0 Å². The lowest BCUT2D eigenvalue weighted by atomic mass is 10.0. The Morgan fingerprint density at radius 3 is 2.56 bits per heavy atom. The Morgan fingerprint density at radius 2 is 2.00 bits per heavy atom. The molecular formula is C13H14INS. The van der Waals surface area contributed by atoms with Crippen LogP contribution in [0.1, 0.15) is 26.9 Å². The van der Waals surface area contributed by atoms with Gasteiger partial charge in [-0.3, -0.25) is 0 Å². The zero-order chi connectivity index (χ0) is 11.7. The second kappa shape index (κ2) is 4.85. The minimum Gasteiger partial charge on any atom is -0.320 e. The van der Waals surface area contributed by atoms with E-state index in [9.17, 15) is 0 Å². The fraction of sp³-hybridized carbons (Fsp3) is 0.231. The minimum absolute atomic E-state index is 0.00779. The van der Waals surface area contributed by atoms with Gasteiger partial charge in [0.1, 0.15) is 0 Å². The summed E-state index contributed by atoms with van der Waals surface area (Å²) in [6.45, 7) is 4.26. The topological polar surface area (TPSA) is 26.0 Å². The molecule has 2 N–H and O–H groups in total. The molecule has 0 radical (unpaired) electrons. The molecule has 2 rings (SSSR count). The highest BCUT2D eigenvalue weighted by atomic mass is 127. The number of benzene rings is 1. The summed E-state index contributed by atoms with van der Waals surface area (Å²) in [6.07, 6.45) is 0. The normalized spacial score (nSPS) is 12.8. The second-order valence-electron chi connectivity index (χ2n) is 3.94. The highest BCUT2D eigenvalue weighted by Gasteiger charge is 2.14. The first-order chi connectivity index (χ1) is 7.58. The van der Waals surface area contributed by atoms with E-state index in [4.69, 9.17) is 5.73 Å². The number of halogens is 1. The first-order valence-corrected chi connectivity index (χ1v) is 7.05. The van der Waals surface area contributed by atoms with Crippen LogP contribution in [0, 0.1) is 17.4 Å². The molecule has 0 amide bonds. The molecule has 0 saturated heterocycles. The van der Waals surface area contributed by atoms with Crippen molar-refractivity contribution in [3.05, 3.63) is 54.8 Å². The van der Waals surface area contributed by atoms with Gasteiger partial charge in [-0.15, -0.1) is 11.3 Å². The molecule has 0 spiro atoms. The van der Waals surface area contributed by atoms with Crippen molar-refractivity contribution in [3.8, 4) is 0 Å². The molecule has 16 heavy (non-hydrogen) atoms. The molecule has 0 aliphatic rings. The third kappa shape index (κ3) is 2.47. The molecule has 0 saturated carbocycles. The SMILES string of the molecule is Cc1cc(C)c(C(N)c2cccc(I)c2)s1. The first-order valence-electron chi connectivity index (χ1n) is 5.16. The van der Waals surface area contributed by atoms with E-state index in [2.05, 4.69) is 66.8 Å². The van der Waals surface area contributed by atoms with E-state index in [1.54, 1.807) is 11.3 Å². The number of rotatable bonds is 2. The highest BCUT2D eigenvalue weighted by molar-refractivity contribution is 14.1. The van der Waals surface area contributed by atoms with Crippen LogP contribution < -0.4 is 5.73 Å². The van der Waals surface area contributed by atoms with Crippen molar-refractivity contribution < 1.29 is 0 Å². The van der Waals surface area contributed by atoms with E-state index in [0.29, 0.717) is 0 Å². The maximum absolute atomic E-state index is 6.31. The van der Waals surface area contributed by atoms with E-state index in [1.165, 1.54) is 24.5 Å². The van der Waals surface area contributed by atoms with Crippen molar-refractivity contribution in [2.75, 3.05) is 0 Å². The molecule has 1 unspecified atom stereocenters. The fourth-order valence-corrected chi connectivity index (χ4v) is 3.45. The molecule has 1 aromatic carbocycles. The summed E-state index contributed by atoms with van der Waals surface area (Å²) < 4.78 is 1.23. The van der Waals surface area contributed by atoms with Crippen LogP contribution in [-0.2, 0) is 0 Å². The monoisotopic (exact) mass is 343 g/mol. The Bertz CT molecular complexity index is 504. The molecular weight excluding hydrogens is 329 g/mol. The van der Waals surface area contributed by atoms with Crippen LogP contribution in [0.25, 0.3) is 0 Å². The smallest absolute Gasteiger partial charge is 0.0649 e. The third-order valence-electron chi connectivity index (χ3n) is 2.57. The van der Waals surface area contributed by atoms with Crippen LogP contribution in [0.3, 0.4) is 0 Å². The van der Waals surface area contributed by atoms with Gasteiger partial charge >= 0.3 is 0 Å². The summed E-state index contributed by atoms with van der Waals surface area (Å²) in [5, 5.41) is 0. The van der Waals surface area contributed by atoms with Gasteiger partial charge in [0.05, 0.1) is 6.04 Å². The quantitative estimate of drug-likeness (QED) is 0.819. The van der Waals surface area contributed by atoms with Gasteiger partial charge < -0.3 is 5.73 Å². The van der Waals surface area contributed by atoms with Crippen molar-refractivity contribution in [1.82, 2.24) is 0 Å². The maximum Gasteiger partial charge on any atom is 0.0649 e. The van der Waals surface area contributed by atoms with Crippen LogP contribution in [0.2, 0.25) is 0 Å². The van der Waals surface area contributed by atoms with E-state index >= 15 is 0 Å². The van der Waals surface area contributed by atoms with Crippen LogP contribution in [-0.4, -0.2) is 0 Å². The molecule has 0 aliphatic heterocycles. The molecule has 84 valence electrons. The zero-order valence-electron chi connectivity index (χ0n) is 9.33. The molecule has 1 nitrogen and oxygen atoms in total. The average molecular weight is 343 g/mol. The zero-order valence-corrected chi connectivity index (χ0v) is 12.3. The Balaban J connectivity index is 2.38. The summed E-state index contributed by atoms with van der Waals surface area (Å²) in [7, 11) is 0. The summed E-state index contributed by atoms with van der Waals surface area (Å²) in [5.41, 5.74) is 8.80. The predicted octanol–water partition coefficient (Wildman–Crippen LogP) is 4.02. The number of nitrogens with two attached hydrogens (primary N) is 1. The number of hydrogen-bond donors (Lipinski definition) is 1. The largest absolute Gasteiger partial charge is 0.320 e. The lowest BCUT2D eigenvalue weighted by Gasteiger charge is -2.11. The molecule has 1 aromatic heterocycles. The van der Waals surface area contributed by atoms with Gasteiger partial charge in [-0.1, -0.05) is 12.1 Å². The van der Waals surface area contributed by atoms with E-state index in [0.717, 1.165) is 0 Å². The number of hydrogen-bond acceptors (Lipinski definition) is 2. The molecule has 2 aromatic rings. The molecule has 3 heteroatoms. The van der Waals surface area contributed by atoms with E-state index in [-0.39, 0.29) is 6.04 Å². The third-order valence-corrected chi connectivity index (χ3v) is 4.48. The Morgan fingerprint density at radius 1 is 1.25 bits per heavy atom. The summed E-state index contributed by atoms with van der Waals surface area (Å²) in [4.78, 5) is 2.60.